The first-order chi connectivity index (χ1) is 14.3. The molecule has 0 saturated carbocycles. The highest BCUT2D eigenvalue weighted by Crippen LogP contribution is 2.45. The molecule has 0 spiro atoms. The van der Waals surface area contributed by atoms with E-state index in [2.05, 4.69) is 0 Å². The van der Waals surface area contributed by atoms with Gasteiger partial charge in [0.05, 0.1) is 10.5 Å². The van der Waals surface area contributed by atoms with E-state index in [0.29, 0.717) is 13.1 Å². The van der Waals surface area contributed by atoms with Gasteiger partial charge in [0.25, 0.3) is 0 Å². The highest BCUT2D eigenvalue weighted by molar-refractivity contribution is 8.01. The molecule has 2 aromatic carbocycles. The van der Waals surface area contributed by atoms with Crippen molar-refractivity contribution in [3.05, 3.63) is 71.3 Å². The van der Waals surface area contributed by atoms with Gasteiger partial charge in [-0.05, 0) is 49.2 Å². The van der Waals surface area contributed by atoms with Crippen LogP contribution in [0.15, 0.2) is 48.5 Å². The van der Waals surface area contributed by atoms with Crippen LogP contribution < -0.4 is 0 Å². The van der Waals surface area contributed by atoms with Crippen LogP contribution in [0.1, 0.15) is 35.7 Å². The largest absolute Gasteiger partial charge is 0.324 e. The van der Waals surface area contributed by atoms with Gasteiger partial charge in [0.15, 0.2) is 0 Å². The Labute approximate surface area is 183 Å². The Hall–Kier alpha value is -2.06. The molecule has 2 amide bonds. The predicted octanol–water partition coefficient (Wildman–Crippen LogP) is 4.59. The van der Waals surface area contributed by atoms with Gasteiger partial charge >= 0.3 is 0 Å². The summed E-state index contributed by atoms with van der Waals surface area (Å²) >= 11 is 2.96. The second-order valence-electron chi connectivity index (χ2n) is 7.43. The van der Waals surface area contributed by atoms with Crippen LogP contribution in [-0.2, 0) is 9.59 Å². The molecular formula is C22H22F2N2O2S2. The first-order valence-electron chi connectivity index (χ1n) is 9.78. The number of benzene rings is 2. The Morgan fingerprint density at radius 2 is 1.17 bits per heavy atom. The van der Waals surface area contributed by atoms with Gasteiger partial charge in [0.2, 0.25) is 11.8 Å². The van der Waals surface area contributed by atoms with E-state index in [1.807, 2.05) is 26.0 Å². The lowest BCUT2D eigenvalue weighted by Crippen LogP contribution is -2.40. The fraction of sp³-hybridized carbons (Fsp3) is 0.364. The van der Waals surface area contributed by atoms with E-state index in [4.69, 9.17) is 0 Å². The number of rotatable bonds is 5. The lowest BCUT2D eigenvalue weighted by Gasteiger charge is -2.29. The fourth-order valence-corrected chi connectivity index (χ4v) is 6.45. The molecule has 2 aliphatic rings. The monoisotopic (exact) mass is 448 g/mol. The molecule has 0 N–H and O–H groups in total. The quantitative estimate of drug-likeness (QED) is 0.671. The van der Waals surface area contributed by atoms with Crippen molar-refractivity contribution in [3.63, 3.8) is 0 Å². The van der Waals surface area contributed by atoms with Crippen molar-refractivity contribution in [3.8, 4) is 0 Å². The predicted molar refractivity (Wildman–Crippen MR) is 116 cm³/mol. The van der Waals surface area contributed by atoms with E-state index in [0.717, 1.165) is 11.1 Å². The highest BCUT2D eigenvalue weighted by atomic mass is 32.2. The van der Waals surface area contributed by atoms with Crippen molar-refractivity contribution in [1.29, 1.82) is 0 Å². The zero-order valence-electron chi connectivity index (χ0n) is 16.6. The molecule has 4 rings (SSSR count). The topological polar surface area (TPSA) is 40.6 Å². The minimum absolute atomic E-state index is 0.0242. The number of carbonyl (C=O) groups is 2. The van der Waals surface area contributed by atoms with Crippen LogP contribution in [0.2, 0.25) is 0 Å². The van der Waals surface area contributed by atoms with Gasteiger partial charge in [-0.2, -0.15) is 0 Å². The summed E-state index contributed by atoms with van der Waals surface area (Å²) in [5.74, 6) is -0.731. The third-order valence-electron chi connectivity index (χ3n) is 5.34. The van der Waals surface area contributed by atoms with Gasteiger partial charge in [-0.25, -0.2) is 8.78 Å². The molecule has 0 radical (unpaired) electrons. The average Bonchev–Trinajstić information content (AvgIpc) is 3.16. The zero-order valence-corrected chi connectivity index (χ0v) is 18.3. The lowest BCUT2D eigenvalue weighted by atomic mass is 10.2. The van der Waals surface area contributed by atoms with Gasteiger partial charge in [0.1, 0.15) is 22.4 Å². The number of amides is 2. The maximum absolute atomic E-state index is 13.7. The molecule has 8 heteroatoms. The molecule has 0 unspecified atom stereocenters. The number of hydrogen-bond donors (Lipinski definition) is 0. The van der Waals surface area contributed by atoms with Crippen molar-refractivity contribution >= 4 is 35.3 Å². The van der Waals surface area contributed by atoms with Gasteiger partial charge in [-0.1, -0.05) is 24.3 Å². The second-order valence-corrected chi connectivity index (χ2v) is 10.3. The molecule has 0 bridgehead atoms. The fourth-order valence-electron chi connectivity index (χ4n) is 3.86. The Balaban J connectivity index is 1.55. The molecule has 4 atom stereocenters. The first kappa shape index (κ1) is 21.2. The van der Waals surface area contributed by atoms with E-state index in [1.54, 1.807) is 21.9 Å². The number of hydrogen-bond acceptors (Lipinski definition) is 4. The summed E-state index contributed by atoms with van der Waals surface area (Å²) in [5, 5.41) is -1.06. The van der Waals surface area contributed by atoms with Gasteiger partial charge in [0, 0.05) is 13.1 Å². The molecule has 2 heterocycles. The Morgan fingerprint density at radius 3 is 1.53 bits per heavy atom. The smallest absolute Gasteiger partial charge is 0.236 e. The molecule has 4 nitrogen and oxygen atoms in total. The van der Waals surface area contributed by atoms with Crippen LogP contribution in [-0.4, -0.2) is 45.2 Å². The number of halogens is 2. The van der Waals surface area contributed by atoms with Gasteiger partial charge in [-0.3, -0.25) is 9.59 Å². The van der Waals surface area contributed by atoms with E-state index >= 15 is 0 Å². The summed E-state index contributed by atoms with van der Waals surface area (Å²) in [4.78, 5) is 29.0. The number of carbonyl (C=O) groups excluding carboxylic acids is 2. The van der Waals surface area contributed by atoms with Crippen LogP contribution >= 0.6 is 23.5 Å². The van der Waals surface area contributed by atoms with E-state index in [9.17, 15) is 18.4 Å². The van der Waals surface area contributed by atoms with Crippen LogP contribution in [0.3, 0.4) is 0 Å². The van der Waals surface area contributed by atoms with E-state index in [1.165, 1.54) is 47.8 Å². The summed E-state index contributed by atoms with van der Waals surface area (Å²) in [6.07, 6.45) is 0. The Bertz CT molecular complexity index is 896. The second kappa shape index (κ2) is 8.59. The molecule has 158 valence electrons. The maximum atomic E-state index is 13.7. The summed E-state index contributed by atoms with van der Waals surface area (Å²) in [6.45, 7) is 4.35. The summed E-state index contributed by atoms with van der Waals surface area (Å²) in [5.41, 5.74) is 1.46. The molecule has 2 aromatic rings. The maximum Gasteiger partial charge on any atom is 0.236 e. The Morgan fingerprint density at radius 1 is 0.767 bits per heavy atom. The van der Waals surface area contributed by atoms with Crippen molar-refractivity contribution in [2.45, 2.75) is 35.1 Å². The van der Waals surface area contributed by atoms with Crippen LogP contribution in [0.5, 0.6) is 0 Å². The minimum Gasteiger partial charge on any atom is -0.324 e. The minimum atomic E-state index is -0.342. The third-order valence-corrected chi connectivity index (χ3v) is 8.13. The molecule has 0 aliphatic carbocycles. The number of nitrogens with zero attached hydrogens (tertiary/aromatic N) is 2. The Kier molecular flexibility index (Phi) is 6.06. The van der Waals surface area contributed by atoms with Crippen LogP contribution in [0, 0.1) is 11.6 Å². The lowest BCUT2D eigenvalue weighted by molar-refractivity contribution is -0.133. The average molecular weight is 449 g/mol. The summed E-state index contributed by atoms with van der Waals surface area (Å²) in [7, 11) is 0. The first-order valence-corrected chi connectivity index (χ1v) is 11.7. The zero-order chi connectivity index (χ0) is 21.4. The van der Waals surface area contributed by atoms with Crippen molar-refractivity contribution in [1.82, 2.24) is 9.80 Å². The standard InChI is InChI=1S/C22H22F2N2O2S2/c1-13-19(27)25(21(29-13)15-5-3-7-17(23)11-15)9-10-26-20(28)14(2)30-22(26)16-6-4-8-18(24)12-16/h3-8,11-14,21-22H,9-10H2,1-2H3/t13-,14-,21-,22-/m0/s1. The normalized spacial score (nSPS) is 26.7. The van der Waals surface area contributed by atoms with E-state index < -0.39 is 0 Å². The van der Waals surface area contributed by atoms with E-state index in [-0.39, 0.29) is 44.7 Å². The van der Waals surface area contributed by atoms with Crippen LogP contribution in [0.4, 0.5) is 8.78 Å². The molecule has 2 aliphatic heterocycles. The molecule has 2 saturated heterocycles. The summed E-state index contributed by atoms with van der Waals surface area (Å²) < 4.78 is 27.5. The van der Waals surface area contributed by atoms with Gasteiger partial charge in [-0.15, -0.1) is 23.5 Å². The van der Waals surface area contributed by atoms with Gasteiger partial charge < -0.3 is 9.80 Å². The van der Waals surface area contributed by atoms with Crippen molar-refractivity contribution in [2.75, 3.05) is 13.1 Å². The van der Waals surface area contributed by atoms with Crippen molar-refractivity contribution < 1.29 is 18.4 Å². The summed E-state index contributed by atoms with van der Waals surface area (Å²) in [6, 6.07) is 12.6. The molecular weight excluding hydrogens is 426 g/mol. The molecule has 30 heavy (non-hydrogen) atoms. The molecule has 0 aromatic heterocycles. The SMILES string of the molecule is C[C@@H]1S[C@@H](c2cccc(F)c2)N(CCN2C(=O)[C@H](C)S[C@H]2c2cccc(F)c2)C1=O. The number of thioether (sulfide) groups is 2. The van der Waals surface area contributed by atoms with Crippen molar-refractivity contribution in [2.24, 2.45) is 0 Å². The highest BCUT2D eigenvalue weighted by Gasteiger charge is 2.42. The van der Waals surface area contributed by atoms with Crippen LogP contribution in [0.25, 0.3) is 0 Å². The molecule has 2 fully saturated rings. The third kappa shape index (κ3) is 4.07.